The molecule has 0 saturated carbocycles. The van der Waals surface area contributed by atoms with Crippen LogP contribution in [-0.2, 0) is 32.3 Å². The van der Waals surface area contributed by atoms with Gasteiger partial charge in [-0.2, -0.15) is 0 Å². The topological polar surface area (TPSA) is 75.6 Å². The van der Waals surface area contributed by atoms with Gasteiger partial charge in [-0.05, 0) is 77.7 Å². The van der Waals surface area contributed by atoms with Crippen LogP contribution in [0.3, 0.4) is 0 Å². The first-order valence-corrected chi connectivity index (χ1v) is 13.0. The van der Waals surface area contributed by atoms with Gasteiger partial charge in [0.15, 0.2) is 5.79 Å². The van der Waals surface area contributed by atoms with Gasteiger partial charge in [-0.25, -0.2) is 9.18 Å². The average molecular weight is 542 g/mol. The van der Waals surface area contributed by atoms with Crippen molar-refractivity contribution in [3.05, 3.63) is 101 Å². The predicted molar refractivity (Wildman–Crippen MR) is 148 cm³/mol. The summed E-state index contributed by atoms with van der Waals surface area (Å²) < 4.78 is 36.8. The van der Waals surface area contributed by atoms with Crippen LogP contribution in [0.15, 0.2) is 78.0 Å². The first kappa shape index (κ1) is 26.0. The second-order valence-electron chi connectivity index (χ2n) is 10.2. The summed E-state index contributed by atoms with van der Waals surface area (Å²) in [5.74, 6) is -0.726. The average Bonchev–Trinajstić information content (AvgIpc) is 3.50. The van der Waals surface area contributed by atoms with Gasteiger partial charge in [-0.15, -0.1) is 0 Å². The molecule has 1 saturated heterocycles. The van der Waals surface area contributed by atoms with Gasteiger partial charge in [0.1, 0.15) is 43.7 Å². The quantitative estimate of drug-likeness (QED) is 0.153. The number of halogens is 1. The highest BCUT2D eigenvalue weighted by atomic mass is 19.1. The fourth-order valence-corrected chi connectivity index (χ4v) is 5.22. The van der Waals surface area contributed by atoms with Crippen molar-refractivity contribution in [2.75, 3.05) is 13.7 Å². The Labute approximate surface area is 231 Å². The third-order valence-electron chi connectivity index (χ3n) is 7.05. The van der Waals surface area contributed by atoms with Crippen molar-refractivity contribution >= 4 is 22.5 Å². The zero-order chi connectivity index (χ0) is 27.9. The number of oxime groups is 1. The SMILES string of the molecule is CO/N=C(\c1cccc(COc2ccc3c(-c4ccc(F)cc4)c4c(cc3c2)C(=O)OC4)c1)C1COC(C)(C)O1. The summed E-state index contributed by atoms with van der Waals surface area (Å²) in [6, 6.07) is 21.7. The Morgan fingerprint density at radius 3 is 2.65 bits per heavy atom. The number of carbonyl (C=O) groups excluding carboxylic acids is 1. The molecule has 2 heterocycles. The van der Waals surface area contributed by atoms with Crippen molar-refractivity contribution in [1.29, 1.82) is 0 Å². The second kappa shape index (κ2) is 10.4. The molecule has 0 amide bonds. The van der Waals surface area contributed by atoms with Crippen LogP contribution in [0.25, 0.3) is 21.9 Å². The van der Waals surface area contributed by atoms with Crippen molar-refractivity contribution in [1.82, 2.24) is 0 Å². The minimum atomic E-state index is -0.691. The third-order valence-corrected chi connectivity index (χ3v) is 7.05. The number of fused-ring (bicyclic) bond motifs is 2. The molecule has 0 N–H and O–H groups in total. The monoisotopic (exact) mass is 541 g/mol. The molecule has 8 heteroatoms. The fourth-order valence-electron chi connectivity index (χ4n) is 5.22. The molecule has 0 radical (unpaired) electrons. The van der Waals surface area contributed by atoms with Crippen LogP contribution in [0, 0.1) is 5.82 Å². The zero-order valence-electron chi connectivity index (χ0n) is 22.4. The van der Waals surface area contributed by atoms with E-state index in [0.29, 0.717) is 30.2 Å². The van der Waals surface area contributed by atoms with Gasteiger partial charge >= 0.3 is 5.97 Å². The van der Waals surface area contributed by atoms with Gasteiger partial charge in [0.05, 0.1) is 12.2 Å². The molecule has 0 spiro atoms. The first-order chi connectivity index (χ1) is 19.3. The molecule has 2 aliphatic heterocycles. The number of esters is 1. The Kier molecular flexibility index (Phi) is 6.73. The molecule has 4 aromatic carbocycles. The lowest BCUT2D eigenvalue weighted by Gasteiger charge is -2.18. The molecule has 0 aromatic heterocycles. The van der Waals surface area contributed by atoms with Gasteiger partial charge in [0.2, 0.25) is 0 Å². The molecule has 0 bridgehead atoms. The molecule has 2 aliphatic rings. The molecule has 1 fully saturated rings. The molecular weight excluding hydrogens is 513 g/mol. The van der Waals surface area contributed by atoms with E-state index in [4.69, 9.17) is 23.8 Å². The number of hydrogen-bond acceptors (Lipinski definition) is 7. The molecular formula is C32H28FNO6. The lowest BCUT2D eigenvalue weighted by molar-refractivity contribution is -0.131. The molecule has 1 atom stereocenters. The maximum atomic E-state index is 13.6. The van der Waals surface area contributed by atoms with Crippen LogP contribution in [0.5, 0.6) is 5.75 Å². The highest BCUT2D eigenvalue weighted by Gasteiger charge is 2.36. The minimum Gasteiger partial charge on any atom is -0.489 e. The van der Waals surface area contributed by atoms with E-state index in [9.17, 15) is 9.18 Å². The van der Waals surface area contributed by atoms with E-state index in [2.05, 4.69) is 5.16 Å². The Balaban J connectivity index is 1.28. The fraction of sp³-hybridized carbons (Fsp3) is 0.250. The lowest BCUT2D eigenvalue weighted by atomic mass is 9.90. The van der Waals surface area contributed by atoms with Gasteiger partial charge < -0.3 is 23.8 Å². The normalized spacial score (nSPS) is 18.1. The van der Waals surface area contributed by atoms with Crippen LogP contribution in [-0.4, -0.2) is 37.3 Å². The number of cyclic esters (lactones) is 1. The standard InChI is InChI=1S/C32H28FNO6/c1-32(2)39-18-28(40-32)30(34-36-3)21-6-4-5-19(13-21)16-37-24-11-12-25-22(14-24)15-26-27(17-38-31(26)35)29(25)20-7-9-23(33)10-8-20/h4-15,28H,16-18H2,1-3H3/b34-30+. The summed E-state index contributed by atoms with van der Waals surface area (Å²) in [5, 5.41) is 5.98. The molecule has 40 heavy (non-hydrogen) atoms. The Hall–Kier alpha value is -4.27. The van der Waals surface area contributed by atoms with Gasteiger partial charge in [-0.1, -0.05) is 41.6 Å². The molecule has 7 nitrogen and oxygen atoms in total. The molecule has 204 valence electrons. The van der Waals surface area contributed by atoms with Crippen LogP contribution in [0.2, 0.25) is 0 Å². The maximum Gasteiger partial charge on any atom is 0.338 e. The highest BCUT2D eigenvalue weighted by Crippen LogP contribution is 2.39. The number of nitrogens with zero attached hydrogens (tertiary/aromatic N) is 1. The van der Waals surface area contributed by atoms with Gasteiger partial charge in [0.25, 0.3) is 0 Å². The summed E-state index contributed by atoms with van der Waals surface area (Å²) >= 11 is 0. The van der Waals surface area contributed by atoms with E-state index in [1.54, 1.807) is 12.1 Å². The van der Waals surface area contributed by atoms with Crippen LogP contribution >= 0.6 is 0 Å². The number of carbonyl (C=O) groups is 1. The van der Waals surface area contributed by atoms with Crippen molar-refractivity contribution in [2.45, 2.75) is 39.0 Å². The van der Waals surface area contributed by atoms with E-state index in [0.717, 1.165) is 38.6 Å². The van der Waals surface area contributed by atoms with E-state index in [1.165, 1.54) is 19.2 Å². The minimum absolute atomic E-state index is 0.190. The lowest BCUT2D eigenvalue weighted by Crippen LogP contribution is -2.28. The number of rotatable bonds is 7. The van der Waals surface area contributed by atoms with E-state index >= 15 is 0 Å². The molecule has 4 aromatic rings. The van der Waals surface area contributed by atoms with Gasteiger partial charge in [0, 0.05) is 11.1 Å². The van der Waals surface area contributed by atoms with Crippen LogP contribution in [0.4, 0.5) is 4.39 Å². The van der Waals surface area contributed by atoms with E-state index < -0.39 is 5.79 Å². The largest absolute Gasteiger partial charge is 0.489 e. The molecule has 1 unspecified atom stereocenters. The predicted octanol–water partition coefficient (Wildman–Crippen LogP) is 6.40. The third kappa shape index (κ3) is 5.03. The summed E-state index contributed by atoms with van der Waals surface area (Å²) in [6.45, 7) is 4.61. The zero-order valence-corrected chi connectivity index (χ0v) is 22.4. The van der Waals surface area contributed by atoms with Gasteiger partial charge in [-0.3, -0.25) is 0 Å². The maximum absolute atomic E-state index is 13.6. The van der Waals surface area contributed by atoms with Crippen LogP contribution in [0.1, 0.15) is 40.9 Å². The van der Waals surface area contributed by atoms with Crippen molar-refractivity contribution < 1.29 is 33.0 Å². The highest BCUT2D eigenvalue weighted by molar-refractivity contribution is 6.07. The summed E-state index contributed by atoms with van der Waals surface area (Å²) in [4.78, 5) is 17.6. The van der Waals surface area contributed by atoms with Crippen molar-refractivity contribution in [3.63, 3.8) is 0 Å². The van der Waals surface area contributed by atoms with E-state index in [1.807, 2.05) is 62.4 Å². The second-order valence-corrected chi connectivity index (χ2v) is 10.2. The summed E-state index contributed by atoms with van der Waals surface area (Å²) in [5.41, 5.74) is 5.44. The smallest absolute Gasteiger partial charge is 0.338 e. The molecule has 0 aliphatic carbocycles. The Bertz CT molecular complexity index is 1630. The van der Waals surface area contributed by atoms with Crippen LogP contribution < -0.4 is 4.74 Å². The van der Waals surface area contributed by atoms with Crippen molar-refractivity contribution in [2.24, 2.45) is 5.16 Å². The van der Waals surface area contributed by atoms with Crippen molar-refractivity contribution in [3.8, 4) is 16.9 Å². The van der Waals surface area contributed by atoms with E-state index in [-0.39, 0.29) is 24.5 Å². The number of hydrogen-bond donors (Lipinski definition) is 0. The Morgan fingerprint density at radius 2 is 1.90 bits per heavy atom. The molecule has 6 rings (SSSR count). The summed E-state index contributed by atoms with van der Waals surface area (Å²) in [7, 11) is 1.50. The Morgan fingerprint density at radius 1 is 1.07 bits per heavy atom. The first-order valence-electron chi connectivity index (χ1n) is 13.0. The number of benzene rings is 4. The summed E-state index contributed by atoms with van der Waals surface area (Å²) in [6.07, 6.45) is -0.352. The number of ether oxygens (including phenoxy) is 4.